The lowest BCUT2D eigenvalue weighted by Gasteiger charge is -2.10. The van der Waals surface area contributed by atoms with Crippen LogP contribution in [-0.2, 0) is 14.3 Å². The van der Waals surface area contributed by atoms with Gasteiger partial charge >= 0.3 is 5.97 Å². The maximum absolute atomic E-state index is 11.3. The summed E-state index contributed by atoms with van der Waals surface area (Å²) < 4.78 is 9.88. The average Bonchev–Trinajstić information content (AvgIpc) is 2.42. The van der Waals surface area contributed by atoms with Crippen molar-refractivity contribution in [2.75, 3.05) is 27.3 Å². The molecule has 100 valence electrons. The third-order valence-corrected chi connectivity index (χ3v) is 2.20. The highest BCUT2D eigenvalue weighted by Crippen LogP contribution is 2.11. The van der Waals surface area contributed by atoms with Gasteiger partial charge in [-0.2, -0.15) is 5.26 Å². The third-order valence-electron chi connectivity index (χ3n) is 2.20. The number of esters is 1. The number of carbonyl (C=O) groups excluding carboxylic acids is 2. The minimum atomic E-state index is -0.625. The van der Waals surface area contributed by atoms with Gasteiger partial charge in [0.15, 0.2) is 13.2 Å². The SMILES string of the molecule is CN(C)C(=O)COC(=O)COc1ccc(C#N)cc1. The topological polar surface area (TPSA) is 79.6 Å². The summed E-state index contributed by atoms with van der Waals surface area (Å²) in [5, 5.41) is 8.61. The molecule has 0 atom stereocenters. The smallest absolute Gasteiger partial charge is 0.344 e. The number of amides is 1. The average molecular weight is 262 g/mol. The van der Waals surface area contributed by atoms with Crippen molar-refractivity contribution in [3.8, 4) is 11.8 Å². The van der Waals surface area contributed by atoms with E-state index in [-0.39, 0.29) is 19.1 Å². The second-order valence-corrected chi connectivity index (χ2v) is 3.87. The van der Waals surface area contributed by atoms with Crippen LogP contribution in [0.4, 0.5) is 0 Å². The van der Waals surface area contributed by atoms with Gasteiger partial charge in [0.2, 0.25) is 0 Å². The van der Waals surface area contributed by atoms with Gasteiger partial charge in [0.05, 0.1) is 11.6 Å². The summed E-state index contributed by atoms with van der Waals surface area (Å²) in [6, 6.07) is 8.29. The van der Waals surface area contributed by atoms with Crippen molar-refractivity contribution in [1.82, 2.24) is 4.90 Å². The summed E-state index contributed by atoms with van der Waals surface area (Å²) >= 11 is 0. The van der Waals surface area contributed by atoms with Gasteiger partial charge < -0.3 is 14.4 Å². The molecule has 0 aliphatic carbocycles. The van der Waals surface area contributed by atoms with Crippen LogP contribution in [0.1, 0.15) is 5.56 Å². The van der Waals surface area contributed by atoms with Crippen molar-refractivity contribution >= 4 is 11.9 Å². The van der Waals surface area contributed by atoms with Crippen LogP contribution < -0.4 is 4.74 Å². The Labute approximate surface area is 111 Å². The first kappa shape index (κ1) is 14.5. The van der Waals surface area contributed by atoms with Gasteiger partial charge in [0.1, 0.15) is 5.75 Å². The first-order valence-corrected chi connectivity index (χ1v) is 5.51. The van der Waals surface area contributed by atoms with E-state index in [0.29, 0.717) is 11.3 Å². The molecule has 0 N–H and O–H groups in total. The fourth-order valence-electron chi connectivity index (χ4n) is 1.08. The zero-order valence-electron chi connectivity index (χ0n) is 10.8. The highest BCUT2D eigenvalue weighted by molar-refractivity contribution is 5.80. The Hall–Kier alpha value is -2.55. The summed E-state index contributed by atoms with van der Waals surface area (Å²) in [5.41, 5.74) is 0.506. The number of benzene rings is 1. The van der Waals surface area contributed by atoms with Crippen molar-refractivity contribution in [3.63, 3.8) is 0 Å². The van der Waals surface area contributed by atoms with Gasteiger partial charge in [-0.25, -0.2) is 4.79 Å². The van der Waals surface area contributed by atoms with Crippen molar-refractivity contribution in [2.45, 2.75) is 0 Å². The Kier molecular flexibility index (Phi) is 5.35. The molecule has 1 amide bonds. The molecule has 1 rings (SSSR count). The second kappa shape index (κ2) is 7.01. The lowest BCUT2D eigenvalue weighted by molar-refractivity contribution is -0.152. The van der Waals surface area contributed by atoms with E-state index in [0.717, 1.165) is 0 Å². The van der Waals surface area contributed by atoms with Gasteiger partial charge in [0, 0.05) is 14.1 Å². The standard InChI is InChI=1S/C13H14N2O4/c1-15(2)12(16)8-19-13(17)9-18-11-5-3-10(7-14)4-6-11/h3-6H,8-9H2,1-2H3. The van der Waals surface area contributed by atoms with Crippen LogP contribution in [0.2, 0.25) is 0 Å². The minimum Gasteiger partial charge on any atom is -0.482 e. The normalized spacial score (nSPS) is 9.32. The summed E-state index contributed by atoms with van der Waals surface area (Å²) in [6.07, 6.45) is 0. The Morgan fingerprint density at radius 2 is 1.84 bits per heavy atom. The molecule has 19 heavy (non-hydrogen) atoms. The maximum Gasteiger partial charge on any atom is 0.344 e. The minimum absolute atomic E-state index is 0.285. The third kappa shape index (κ3) is 5.08. The highest BCUT2D eigenvalue weighted by Gasteiger charge is 2.09. The van der Waals surface area contributed by atoms with Gasteiger partial charge in [-0.1, -0.05) is 0 Å². The molecule has 6 heteroatoms. The van der Waals surface area contributed by atoms with Crippen LogP contribution in [0.5, 0.6) is 5.75 Å². The number of rotatable bonds is 5. The fourth-order valence-corrected chi connectivity index (χ4v) is 1.08. The molecule has 0 unspecified atom stereocenters. The van der Waals surface area contributed by atoms with Crippen molar-refractivity contribution in [3.05, 3.63) is 29.8 Å². The van der Waals surface area contributed by atoms with E-state index in [9.17, 15) is 9.59 Å². The van der Waals surface area contributed by atoms with Crippen molar-refractivity contribution < 1.29 is 19.1 Å². The largest absolute Gasteiger partial charge is 0.482 e. The summed E-state index contributed by atoms with van der Waals surface area (Å²) in [7, 11) is 3.15. The first-order valence-electron chi connectivity index (χ1n) is 5.51. The lowest BCUT2D eigenvalue weighted by Crippen LogP contribution is -2.28. The summed E-state index contributed by atoms with van der Waals surface area (Å²) in [4.78, 5) is 23.8. The number of carbonyl (C=O) groups is 2. The first-order chi connectivity index (χ1) is 9.02. The predicted octanol–water partition coefficient (Wildman–Crippen LogP) is 0.568. The number of ether oxygens (including phenoxy) is 2. The molecular formula is C13H14N2O4. The second-order valence-electron chi connectivity index (χ2n) is 3.87. The van der Waals surface area contributed by atoms with Gasteiger partial charge in [0.25, 0.3) is 5.91 Å². The Bertz CT molecular complexity index is 488. The summed E-state index contributed by atoms with van der Waals surface area (Å²) in [6.45, 7) is -0.588. The highest BCUT2D eigenvalue weighted by atomic mass is 16.6. The predicted molar refractivity (Wildman–Crippen MR) is 66.3 cm³/mol. The van der Waals surface area contributed by atoms with Crippen molar-refractivity contribution in [1.29, 1.82) is 5.26 Å². The Morgan fingerprint density at radius 3 is 2.37 bits per heavy atom. The lowest BCUT2D eigenvalue weighted by atomic mass is 10.2. The maximum atomic E-state index is 11.3. The monoisotopic (exact) mass is 262 g/mol. The molecule has 0 aromatic heterocycles. The van der Waals surface area contributed by atoms with Gasteiger partial charge in [-0.3, -0.25) is 4.79 Å². The van der Waals surface area contributed by atoms with E-state index >= 15 is 0 Å². The molecule has 0 aliphatic rings. The molecule has 0 radical (unpaired) electrons. The molecule has 0 fully saturated rings. The van der Waals surface area contributed by atoms with Crippen LogP contribution in [0, 0.1) is 11.3 Å². The molecule has 0 bridgehead atoms. The van der Waals surface area contributed by atoms with E-state index in [1.807, 2.05) is 6.07 Å². The van der Waals surface area contributed by atoms with Gasteiger partial charge in [-0.05, 0) is 24.3 Å². The van der Waals surface area contributed by atoms with E-state index in [1.165, 1.54) is 4.90 Å². The van der Waals surface area contributed by atoms with Crippen LogP contribution in [0.25, 0.3) is 0 Å². The van der Waals surface area contributed by atoms with Crippen LogP contribution in [-0.4, -0.2) is 44.1 Å². The molecule has 6 nitrogen and oxygen atoms in total. The molecule has 0 spiro atoms. The number of hydrogen-bond donors (Lipinski definition) is 0. The van der Waals surface area contributed by atoms with E-state index in [1.54, 1.807) is 38.4 Å². The van der Waals surface area contributed by atoms with Gasteiger partial charge in [-0.15, -0.1) is 0 Å². The summed E-state index contributed by atoms with van der Waals surface area (Å²) in [5.74, 6) is -0.471. The molecule has 0 saturated heterocycles. The molecule has 0 aliphatic heterocycles. The van der Waals surface area contributed by atoms with Crippen LogP contribution >= 0.6 is 0 Å². The Balaban J connectivity index is 2.34. The molecule has 0 heterocycles. The quantitative estimate of drug-likeness (QED) is 0.725. The van der Waals surface area contributed by atoms with Crippen LogP contribution in [0.15, 0.2) is 24.3 Å². The van der Waals surface area contributed by atoms with Crippen LogP contribution in [0.3, 0.4) is 0 Å². The Morgan fingerprint density at radius 1 is 1.21 bits per heavy atom. The molecular weight excluding hydrogens is 248 g/mol. The molecule has 0 saturated carbocycles. The van der Waals surface area contributed by atoms with Crippen molar-refractivity contribution in [2.24, 2.45) is 0 Å². The van der Waals surface area contributed by atoms with E-state index in [4.69, 9.17) is 14.7 Å². The molecule has 1 aromatic rings. The van der Waals surface area contributed by atoms with E-state index in [2.05, 4.69) is 0 Å². The zero-order valence-corrected chi connectivity index (χ0v) is 10.8. The number of nitriles is 1. The van der Waals surface area contributed by atoms with E-state index < -0.39 is 5.97 Å². The number of likely N-dealkylation sites (N-methyl/N-ethyl adjacent to an activating group) is 1. The fraction of sp³-hybridized carbons (Fsp3) is 0.308. The number of hydrogen-bond acceptors (Lipinski definition) is 5. The molecule has 1 aromatic carbocycles. The number of nitrogens with zero attached hydrogens (tertiary/aromatic N) is 2. The zero-order chi connectivity index (χ0) is 14.3.